The van der Waals surface area contributed by atoms with E-state index in [0.717, 1.165) is 24.2 Å². The number of carbonyl (C=O) groups excluding carboxylic acids is 1. The van der Waals surface area contributed by atoms with E-state index < -0.39 is 10.0 Å². The lowest BCUT2D eigenvalue weighted by Gasteiger charge is -2.26. The number of morpholine rings is 1. The normalized spacial score (nSPS) is 15.0. The molecular weight excluding hydrogens is 404 g/mol. The fourth-order valence-corrected chi connectivity index (χ4v) is 4.76. The fourth-order valence-electron chi connectivity index (χ4n) is 3.32. The molecule has 1 amide bonds. The van der Waals surface area contributed by atoms with Crippen molar-refractivity contribution in [1.29, 1.82) is 0 Å². The first-order valence-electron chi connectivity index (χ1n) is 10.0. The topological polar surface area (TPSA) is 84.9 Å². The molecule has 3 rings (SSSR count). The SMILES string of the molecule is COc1ccc(CCCNC(=O)c2cc(S(=O)(=O)N3CCOCC3)ccc2C)cc1. The molecule has 0 unspecified atom stereocenters. The summed E-state index contributed by atoms with van der Waals surface area (Å²) in [5.41, 5.74) is 2.29. The first-order chi connectivity index (χ1) is 14.4. The zero-order valence-corrected chi connectivity index (χ0v) is 18.2. The van der Waals surface area contributed by atoms with Crippen LogP contribution in [0.25, 0.3) is 0 Å². The fraction of sp³-hybridized carbons (Fsp3) is 0.409. The first-order valence-corrected chi connectivity index (χ1v) is 11.5. The van der Waals surface area contributed by atoms with Gasteiger partial charge >= 0.3 is 0 Å². The third-order valence-corrected chi connectivity index (χ3v) is 7.04. The molecule has 0 spiro atoms. The maximum Gasteiger partial charge on any atom is 0.251 e. The summed E-state index contributed by atoms with van der Waals surface area (Å²) in [5, 5.41) is 2.90. The lowest BCUT2D eigenvalue weighted by Crippen LogP contribution is -2.40. The first kappa shape index (κ1) is 22.3. The molecule has 162 valence electrons. The van der Waals surface area contributed by atoms with Crippen LogP contribution in [0.3, 0.4) is 0 Å². The van der Waals surface area contributed by atoms with Crippen LogP contribution in [0.15, 0.2) is 47.4 Å². The van der Waals surface area contributed by atoms with Gasteiger partial charge in [-0.15, -0.1) is 0 Å². The Labute approximate surface area is 178 Å². The van der Waals surface area contributed by atoms with E-state index in [-0.39, 0.29) is 10.8 Å². The maximum atomic E-state index is 12.9. The molecule has 2 aromatic carbocycles. The highest BCUT2D eigenvalue weighted by Gasteiger charge is 2.27. The summed E-state index contributed by atoms with van der Waals surface area (Å²) >= 11 is 0. The van der Waals surface area contributed by atoms with Gasteiger partial charge in [-0.3, -0.25) is 4.79 Å². The second-order valence-electron chi connectivity index (χ2n) is 7.20. The van der Waals surface area contributed by atoms with Gasteiger partial charge < -0.3 is 14.8 Å². The smallest absolute Gasteiger partial charge is 0.251 e. The highest BCUT2D eigenvalue weighted by molar-refractivity contribution is 7.89. The van der Waals surface area contributed by atoms with Gasteiger partial charge in [0.25, 0.3) is 5.91 Å². The van der Waals surface area contributed by atoms with E-state index in [9.17, 15) is 13.2 Å². The molecular formula is C22H28N2O5S. The lowest BCUT2D eigenvalue weighted by atomic mass is 10.1. The number of methoxy groups -OCH3 is 1. The molecule has 1 heterocycles. The monoisotopic (exact) mass is 432 g/mol. The molecule has 0 atom stereocenters. The predicted molar refractivity (Wildman–Crippen MR) is 114 cm³/mol. The molecule has 1 aliphatic heterocycles. The maximum absolute atomic E-state index is 12.9. The standard InChI is InChI=1S/C22H28N2O5S/c1-17-5-10-20(30(26,27)24-12-14-29-15-13-24)16-21(17)22(25)23-11-3-4-18-6-8-19(28-2)9-7-18/h5-10,16H,3-4,11-15H2,1-2H3,(H,23,25). The average molecular weight is 433 g/mol. The highest BCUT2D eigenvalue weighted by atomic mass is 32.2. The summed E-state index contributed by atoms with van der Waals surface area (Å²) in [6.45, 7) is 3.72. The van der Waals surface area contributed by atoms with Crippen molar-refractivity contribution in [2.75, 3.05) is 40.0 Å². The summed E-state index contributed by atoms with van der Waals surface area (Å²) in [7, 11) is -2.01. The summed E-state index contributed by atoms with van der Waals surface area (Å²) < 4.78 is 37.5. The van der Waals surface area contributed by atoms with Crippen LogP contribution in [0.1, 0.15) is 27.9 Å². The second-order valence-corrected chi connectivity index (χ2v) is 9.14. The zero-order chi connectivity index (χ0) is 21.6. The van der Waals surface area contributed by atoms with Crippen LogP contribution in [-0.4, -0.2) is 58.6 Å². The van der Waals surface area contributed by atoms with E-state index in [1.54, 1.807) is 26.2 Å². The van der Waals surface area contributed by atoms with Crippen LogP contribution < -0.4 is 10.1 Å². The van der Waals surface area contributed by atoms with Crippen LogP contribution in [0, 0.1) is 6.92 Å². The Bertz CT molecular complexity index is 968. The molecule has 2 aromatic rings. The minimum absolute atomic E-state index is 0.137. The largest absolute Gasteiger partial charge is 0.497 e. The number of rotatable bonds is 8. The van der Waals surface area contributed by atoms with E-state index in [4.69, 9.17) is 9.47 Å². The Morgan fingerprint density at radius 2 is 1.83 bits per heavy atom. The molecule has 1 N–H and O–H groups in total. The number of amides is 1. The summed E-state index contributed by atoms with van der Waals surface area (Å²) in [4.78, 5) is 12.8. The van der Waals surface area contributed by atoms with Crippen molar-refractivity contribution in [1.82, 2.24) is 9.62 Å². The molecule has 1 saturated heterocycles. The third kappa shape index (κ3) is 5.38. The van der Waals surface area contributed by atoms with E-state index in [2.05, 4.69) is 5.32 Å². The van der Waals surface area contributed by atoms with Crippen molar-refractivity contribution in [3.63, 3.8) is 0 Å². The number of hydrogen-bond donors (Lipinski definition) is 1. The van der Waals surface area contributed by atoms with Crippen molar-refractivity contribution in [2.24, 2.45) is 0 Å². The molecule has 7 nitrogen and oxygen atoms in total. The number of sulfonamides is 1. The van der Waals surface area contributed by atoms with Gasteiger partial charge in [0.05, 0.1) is 25.2 Å². The second kappa shape index (κ2) is 10.1. The van der Waals surface area contributed by atoms with Gasteiger partial charge in [0.2, 0.25) is 10.0 Å². The number of carbonyl (C=O) groups is 1. The molecule has 30 heavy (non-hydrogen) atoms. The van der Waals surface area contributed by atoms with Gasteiger partial charge in [0.15, 0.2) is 0 Å². The Balaban J connectivity index is 1.60. The van der Waals surface area contributed by atoms with Gasteiger partial charge in [0.1, 0.15) is 5.75 Å². The average Bonchev–Trinajstić information content (AvgIpc) is 2.77. The summed E-state index contributed by atoms with van der Waals surface area (Å²) in [6, 6.07) is 12.5. The van der Waals surface area contributed by atoms with Crippen molar-refractivity contribution in [3.8, 4) is 5.75 Å². The minimum atomic E-state index is -3.64. The van der Waals surface area contributed by atoms with Crippen molar-refractivity contribution < 1.29 is 22.7 Å². The van der Waals surface area contributed by atoms with Crippen LogP contribution in [0.5, 0.6) is 5.75 Å². The molecule has 8 heteroatoms. The van der Waals surface area contributed by atoms with Gasteiger partial charge in [-0.05, 0) is 55.2 Å². The van der Waals surface area contributed by atoms with E-state index in [1.165, 1.54) is 15.9 Å². The predicted octanol–water partition coefficient (Wildman–Crippen LogP) is 2.39. The van der Waals surface area contributed by atoms with Crippen LogP contribution in [-0.2, 0) is 21.2 Å². The van der Waals surface area contributed by atoms with E-state index >= 15 is 0 Å². The number of hydrogen-bond acceptors (Lipinski definition) is 5. The minimum Gasteiger partial charge on any atom is -0.497 e. The Hall–Kier alpha value is -2.42. The Kier molecular flexibility index (Phi) is 7.47. The molecule has 0 radical (unpaired) electrons. The molecule has 1 aliphatic rings. The van der Waals surface area contributed by atoms with Gasteiger partial charge in [-0.25, -0.2) is 8.42 Å². The molecule has 0 bridgehead atoms. The number of aryl methyl sites for hydroxylation is 2. The van der Waals surface area contributed by atoms with Crippen molar-refractivity contribution in [2.45, 2.75) is 24.7 Å². The molecule has 1 fully saturated rings. The Morgan fingerprint density at radius 1 is 1.13 bits per heavy atom. The number of benzene rings is 2. The quantitative estimate of drug-likeness (QED) is 0.648. The van der Waals surface area contributed by atoms with Gasteiger partial charge in [-0.2, -0.15) is 4.31 Å². The molecule has 0 aromatic heterocycles. The zero-order valence-electron chi connectivity index (χ0n) is 17.4. The van der Waals surface area contributed by atoms with Crippen molar-refractivity contribution in [3.05, 3.63) is 59.2 Å². The van der Waals surface area contributed by atoms with Crippen LogP contribution in [0.4, 0.5) is 0 Å². The van der Waals surface area contributed by atoms with Crippen LogP contribution >= 0.6 is 0 Å². The van der Waals surface area contributed by atoms with Crippen LogP contribution in [0.2, 0.25) is 0 Å². The number of ether oxygens (including phenoxy) is 2. The van der Waals surface area contributed by atoms with Gasteiger partial charge in [-0.1, -0.05) is 18.2 Å². The number of nitrogens with one attached hydrogen (secondary N) is 1. The van der Waals surface area contributed by atoms with E-state index in [1.807, 2.05) is 24.3 Å². The lowest BCUT2D eigenvalue weighted by molar-refractivity contribution is 0.0730. The van der Waals surface area contributed by atoms with Crippen molar-refractivity contribution >= 4 is 15.9 Å². The molecule has 0 aliphatic carbocycles. The third-order valence-electron chi connectivity index (χ3n) is 5.15. The molecule has 0 saturated carbocycles. The highest BCUT2D eigenvalue weighted by Crippen LogP contribution is 2.20. The number of nitrogens with zero attached hydrogens (tertiary/aromatic N) is 1. The van der Waals surface area contributed by atoms with Gasteiger partial charge in [0, 0.05) is 25.2 Å². The summed E-state index contributed by atoms with van der Waals surface area (Å²) in [6.07, 6.45) is 1.61. The Morgan fingerprint density at radius 3 is 2.50 bits per heavy atom. The van der Waals surface area contributed by atoms with E-state index in [0.29, 0.717) is 38.4 Å². The summed E-state index contributed by atoms with van der Waals surface area (Å²) in [5.74, 6) is 0.552.